The van der Waals surface area contributed by atoms with Crippen LogP contribution < -0.4 is 10.6 Å². The highest BCUT2D eigenvalue weighted by Crippen LogP contribution is 2.24. The average Bonchev–Trinajstić information content (AvgIpc) is 3.19. The molecule has 0 bridgehead atoms. The Bertz CT molecular complexity index is 1340. The number of hydrogen-bond donors (Lipinski definition) is 2. The summed E-state index contributed by atoms with van der Waals surface area (Å²) < 4.78 is 30.4. The van der Waals surface area contributed by atoms with Gasteiger partial charge in [0.25, 0.3) is 0 Å². The van der Waals surface area contributed by atoms with E-state index in [-0.39, 0.29) is 11.6 Å². The van der Waals surface area contributed by atoms with Crippen LogP contribution in [0.1, 0.15) is 33.9 Å². The zero-order valence-corrected chi connectivity index (χ0v) is 20.3. The molecule has 2 heterocycles. The molecule has 9 heteroatoms. The molecule has 0 aliphatic heterocycles. The minimum atomic E-state index is -0.270. The zero-order valence-electron chi connectivity index (χ0n) is 19.5. The zero-order chi connectivity index (χ0) is 24.4. The third-order valence-electron chi connectivity index (χ3n) is 5.71. The summed E-state index contributed by atoms with van der Waals surface area (Å²) in [5, 5.41) is 16.1. The summed E-state index contributed by atoms with van der Waals surface area (Å²) in [6, 6.07) is 12.9. The van der Waals surface area contributed by atoms with Crippen LogP contribution in [0.3, 0.4) is 0 Å². The first-order valence-electron chi connectivity index (χ1n) is 10.9. The van der Waals surface area contributed by atoms with Crippen LogP contribution in [0, 0.1) is 39.3 Å². The lowest BCUT2D eigenvalue weighted by atomic mass is 10.2. The van der Waals surface area contributed by atoms with Crippen LogP contribution in [0.25, 0.3) is 0 Å². The number of benzene rings is 2. The standard InChI is InChI=1S/C25H26F2N6S/c1-15-23(17(3)32(30-15)13-19-8-10-21(26)11-9-19)28-25(34)29-24-16(2)31-33(18(24)4)14-20-6-5-7-22(27)12-20/h5-12H,13-14H2,1-4H3,(H2,28,29,34). The molecule has 2 aromatic heterocycles. The normalized spacial score (nSPS) is 11.0. The van der Waals surface area contributed by atoms with Gasteiger partial charge in [0.15, 0.2) is 5.11 Å². The lowest BCUT2D eigenvalue weighted by Crippen LogP contribution is -2.21. The SMILES string of the molecule is Cc1nn(Cc2ccc(F)cc2)c(C)c1NC(=S)Nc1c(C)nn(Cc2cccc(F)c2)c1C. The van der Waals surface area contributed by atoms with Crippen molar-refractivity contribution in [3.63, 3.8) is 0 Å². The van der Waals surface area contributed by atoms with Crippen LogP contribution >= 0.6 is 12.2 Å². The average molecular weight is 481 g/mol. The minimum Gasteiger partial charge on any atom is -0.329 e. The highest BCUT2D eigenvalue weighted by Gasteiger charge is 2.16. The van der Waals surface area contributed by atoms with Crippen molar-refractivity contribution in [3.8, 4) is 0 Å². The van der Waals surface area contributed by atoms with E-state index in [1.807, 2.05) is 43.1 Å². The molecule has 4 rings (SSSR count). The second kappa shape index (κ2) is 9.72. The molecule has 0 spiro atoms. The lowest BCUT2D eigenvalue weighted by Gasteiger charge is -2.12. The number of thiocarbonyl (C=S) groups is 1. The maximum atomic E-state index is 13.5. The Kier molecular flexibility index (Phi) is 6.74. The fourth-order valence-corrected chi connectivity index (χ4v) is 4.10. The molecule has 2 aromatic carbocycles. The van der Waals surface area contributed by atoms with Crippen LogP contribution in [0.4, 0.5) is 20.2 Å². The highest BCUT2D eigenvalue weighted by molar-refractivity contribution is 7.80. The van der Waals surface area contributed by atoms with Gasteiger partial charge < -0.3 is 10.6 Å². The van der Waals surface area contributed by atoms with Crippen molar-refractivity contribution in [3.05, 3.63) is 94.1 Å². The van der Waals surface area contributed by atoms with Crippen LogP contribution in [-0.2, 0) is 13.1 Å². The van der Waals surface area contributed by atoms with Gasteiger partial charge in [-0.3, -0.25) is 9.36 Å². The third-order valence-corrected chi connectivity index (χ3v) is 5.91. The van der Waals surface area contributed by atoms with Gasteiger partial charge in [0.05, 0.1) is 47.2 Å². The first-order valence-corrected chi connectivity index (χ1v) is 11.3. The predicted molar refractivity (Wildman–Crippen MR) is 134 cm³/mol. The number of nitrogens with one attached hydrogen (secondary N) is 2. The second-order valence-electron chi connectivity index (χ2n) is 8.24. The molecule has 6 nitrogen and oxygen atoms in total. The van der Waals surface area contributed by atoms with Gasteiger partial charge in [-0.15, -0.1) is 0 Å². The quantitative estimate of drug-likeness (QED) is 0.357. The molecule has 176 valence electrons. The van der Waals surface area contributed by atoms with Gasteiger partial charge >= 0.3 is 0 Å². The summed E-state index contributed by atoms with van der Waals surface area (Å²) in [5.74, 6) is -0.533. The van der Waals surface area contributed by atoms with E-state index >= 15 is 0 Å². The van der Waals surface area contributed by atoms with Crippen LogP contribution in [0.5, 0.6) is 0 Å². The van der Waals surface area contributed by atoms with Gasteiger partial charge in [-0.05, 0) is 75.3 Å². The van der Waals surface area contributed by atoms with Crippen LogP contribution in [0.2, 0.25) is 0 Å². The van der Waals surface area contributed by atoms with Gasteiger partial charge in [-0.2, -0.15) is 10.2 Å². The highest BCUT2D eigenvalue weighted by atomic mass is 32.1. The van der Waals surface area contributed by atoms with E-state index in [1.165, 1.54) is 24.3 Å². The summed E-state index contributed by atoms with van der Waals surface area (Å²) in [6.07, 6.45) is 0. The molecule has 0 saturated heterocycles. The van der Waals surface area contributed by atoms with Gasteiger partial charge in [0.1, 0.15) is 11.6 Å². The van der Waals surface area contributed by atoms with Crippen LogP contribution in [0.15, 0.2) is 48.5 Å². The predicted octanol–water partition coefficient (Wildman–Crippen LogP) is 5.50. The molecule has 0 amide bonds. The van der Waals surface area contributed by atoms with Crippen molar-refractivity contribution in [1.82, 2.24) is 19.6 Å². The van der Waals surface area contributed by atoms with E-state index in [2.05, 4.69) is 20.8 Å². The Morgan fingerprint density at radius 2 is 1.29 bits per heavy atom. The number of aryl methyl sites for hydroxylation is 2. The van der Waals surface area contributed by atoms with Crippen molar-refractivity contribution < 1.29 is 8.78 Å². The number of hydrogen-bond acceptors (Lipinski definition) is 3. The maximum Gasteiger partial charge on any atom is 0.175 e. The first-order chi connectivity index (χ1) is 16.2. The van der Waals surface area contributed by atoms with Crippen molar-refractivity contribution in [1.29, 1.82) is 0 Å². The Morgan fingerprint density at radius 1 is 0.765 bits per heavy atom. The van der Waals surface area contributed by atoms with Gasteiger partial charge in [0.2, 0.25) is 0 Å². The Hall–Kier alpha value is -3.59. The summed E-state index contributed by atoms with van der Waals surface area (Å²) in [5.41, 5.74) is 6.82. The van der Waals surface area contributed by atoms with Crippen LogP contribution in [-0.4, -0.2) is 24.7 Å². The Balaban J connectivity index is 1.47. The number of aromatic nitrogens is 4. The molecule has 0 aliphatic rings. The molecule has 0 unspecified atom stereocenters. The Morgan fingerprint density at radius 3 is 1.82 bits per heavy atom. The van der Waals surface area contributed by atoms with Crippen molar-refractivity contribution in [2.45, 2.75) is 40.8 Å². The van der Waals surface area contributed by atoms with Gasteiger partial charge in [-0.25, -0.2) is 8.78 Å². The fraction of sp³-hybridized carbons (Fsp3) is 0.240. The third kappa shape index (κ3) is 5.14. The topological polar surface area (TPSA) is 59.7 Å². The van der Waals surface area contributed by atoms with Crippen molar-refractivity contribution >= 4 is 28.7 Å². The van der Waals surface area contributed by atoms with Crippen molar-refractivity contribution in [2.24, 2.45) is 0 Å². The van der Waals surface area contributed by atoms with Gasteiger partial charge in [-0.1, -0.05) is 24.3 Å². The largest absolute Gasteiger partial charge is 0.329 e. The molecular formula is C25H26F2N6S. The molecule has 0 atom stereocenters. The van der Waals surface area contributed by atoms with E-state index in [9.17, 15) is 8.78 Å². The number of anilines is 2. The minimum absolute atomic E-state index is 0.263. The molecule has 2 N–H and O–H groups in total. The van der Waals surface area contributed by atoms with E-state index < -0.39 is 0 Å². The Labute approximate surface area is 202 Å². The number of halogens is 2. The smallest absolute Gasteiger partial charge is 0.175 e. The fourth-order valence-electron chi connectivity index (χ4n) is 3.89. The lowest BCUT2D eigenvalue weighted by molar-refractivity contribution is 0.616. The monoisotopic (exact) mass is 480 g/mol. The molecule has 0 aliphatic carbocycles. The number of rotatable bonds is 6. The summed E-state index contributed by atoms with van der Waals surface area (Å²) >= 11 is 5.58. The molecular weight excluding hydrogens is 454 g/mol. The number of nitrogens with zero attached hydrogens (tertiary/aromatic N) is 4. The van der Waals surface area contributed by atoms with E-state index in [0.29, 0.717) is 18.2 Å². The van der Waals surface area contributed by atoms with E-state index in [4.69, 9.17) is 12.2 Å². The van der Waals surface area contributed by atoms with E-state index in [0.717, 1.165) is 45.3 Å². The van der Waals surface area contributed by atoms with Crippen molar-refractivity contribution in [2.75, 3.05) is 10.6 Å². The summed E-state index contributed by atoms with van der Waals surface area (Å²) in [6.45, 7) is 8.70. The first kappa shape index (κ1) is 23.6. The second-order valence-corrected chi connectivity index (χ2v) is 8.65. The molecule has 34 heavy (non-hydrogen) atoms. The maximum absolute atomic E-state index is 13.5. The molecule has 0 fully saturated rings. The van der Waals surface area contributed by atoms with E-state index in [1.54, 1.807) is 18.2 Å². The molecule has 0 radical (unpaired) electrons. The van der Waals surface area contributed by atoms with Gasteiger partial charge in [0, 0.05) is 0 Å². The molecule has 4 aromatic rings. The summed E-state index contributed by atoms with van der Waals surface area (Å²) in [4.78, 5) is 0. The summed E-state index contributed by atoms with van der Waals surface area (Å²) in [7, 11) is 0. The molecule has 0 saturated carbocycles.